The maximum atomic E-state index is 12.6. The van der Waals surface area contributed by atoms with Crippen LogP contribution in [0, 0.1) is 5.92 Å². The number of carbonyl (C=O) groups excluding carboxylic acids is 2. The molecule has 1 fully saturated rings. The number of hydrogen-bond donors (Lipinski definition) is 1. The third-order valence-corrected chi connectivity index (χ3v) is 5.68. The van der Waals surface area contributed by atoms with E-state index in [1.807, 2.05) is 45.6 Å². The largest absolute Gasteiger partial charge is 0.444 e. The van der Waals surface area contributed by atoms with Crippen LogP contribution in [0.5, 0.6) is 0 Å². The Morgan fingerprint density at radius 1 is 1.39 bits per heavy atom. The van der Waals surface area contributed by atoms with E-state index < -0.39 is 5.60 Å². The summed E-state index contributed by atoms with van der Waals surface area (Å²) >= 11 is 1.71. The Hall–Kier alpha value is -1.76. The molecule has 0 radical (unpaired) electrons. The predicted molar refractivity (Wildman–Crippen MR) is 114 cm³/mol. The molecule has 1 N–H and O–H groups in total. The Labute approximate surface area is 173 Å². The molecule has 0 bridgehead atoms. The summed E-state index contributed by atoms with van der Waals surface area (Å²) in [4.78, 5) is 30.0. The van der Waals surface area contributed by atoms with Gasteiger partial charge in [0.2, 0.25) is 0 Å². The van der Waals surface area contributed by atoms with Gasteiger partial charge in [-0.3, -0.25) is 0 Å². The summed E-state index contributed by atoms with van der Waals surface area (Å²) < 4.78 is 5.56. The molecule has 2 heterocycles. The molecule has 7 heteroatoms. The second-order valence-electron chi connectivity index (χ2n) is 8.74. The molecule has 158 valence electrons. The predicted octanol–water partition coefficient (Wildman–Crippen LogP) is 4.36. The minimum Gasteiger partial charge on any atom is -0.444 e. The van der Waals surface area contributed by atoms with E-state index in [4.69, 9.17) is 4.74 Å². The summed E-state index contributed by atoms with van der Waals surface area (Å²) in [6.07, 6.45) is 2.56. The molecular formula is C21H35N3O3S. The van der Waals surface area contributed by atoms with Crippen LogP contribution < -0.4 is 5.32 Å². The average Bonchev–Trinajstić information content (AvgIpc) is 3.11. The van der Waals surface area contributed by atoms with E-state index in [9.17, 15) is 9.59 Å². The number of ether oxygens (including phenoxy) is 1. The monoisotopic (exact) mass is 409 g/mol. The highest BCUT2D eigenvalue weighted by atomic mass is 32.1. The molecule has 1 saturated heterocycles. The lowest BCUT2D eigenvalue weighted by molar-refractivity contribution is 0.0131. The summed E-state index contributed by atoms with van der Waals surface area (Å²) in [7, 11) is 0. The van der Waals surface area contributed by atoms with Crippen LogP contribution in [0.15, 0.2) is 17.5 Å². The number of nitrogens with one attached hydrogen (secondary N) is 1. The first-order chi connectivity index (χ1) is 13.2. The van der Waals surface area contributed by atoms with Crippen molar-refractivity contribution in [2.45, 2.75) is 65.5 Å². The zero-order valence-corrected chi connectivity index (χ0v) is 18.7. The summed E-state index contributed by atoms with van der Waals surface area (Å²) in [5.41, 5.74) is -0.509. The number of likely N-dealkylation sites (tertiary alicyclic amines) is 1. The molecule has 1 atom stereocenters. The van der Waals surface area contributed by atoms with Crippen molar-refractivity contribution in [1.82, 2.24) is 15.1 Å². The Morgan fingerprint density at radius 2 is 2.14 bits per heavy atom. The molecule has 0 aliphatic carbocycles. The number of rotatable bonds is 6. The third-order valence-electron chi connectivity index (χ3n) is 4.74. The molecule has 2 rings (SSSR count). The van der Waals surface area contributed by atoms with Gasteiger partial charge >= 0.3 is 12.1 Å². The number of urea groups is 1. The molecule has 0 spiro atoms. The molecule has 3 amide bonds. The number of amides is 3. The van der Waals surface area contributed by atoms with Crippen LogP contribution >= 0.6 is 11.3 Å². The summed E-state index contributed by atoms with van der Waals surface area (Å²) in [5.74, 6) is 0.270. The zero-order chi connectivity index (χ0) is 20.7. The maximum Gasteiger partial charge on any atom is 0.410 e. The second kappa shape index (κ2) is 10.1. The van der Waals surface area contributed by atoms with Crippen LogP contribution in [0.1, 0.15) is 52.3 Å². The van der Waals surface area contributed by atoms with E-state index in [0.29, 0.717) is 19.6 Å². The van der Waals surface area contributed by atoms with Gasteiger partial charge in [-0.1, -0.05) is 6.07 Å². The van der Waals surface area contributed by atoms with E-state index in [2.05, 4.69) is 16.8 Å². The van der Waals surface area contributed by atoms with Gasteiger partial charge in [-0.15, -0.1) is 11.3 Å². The average molecular weight is 410 g/mol. The lowest BCUT2D eigenvalue weighted by Crippen LogP contribution is -2.50. The van der Waals surface area contributed by atoms with Crippen LogP contribution in [0.25, 0.3) is 0 Å². The van der Waals surface area contributed by atoms with Gasteiger partial charge in [-0.05, 0) is 71.2 Å². The number of hydrogen-bond acceptors (Lipinski definition) is 4. The fourth-order valence-electron chi connectivity index (χ4n) is 3.35. The lowest BCUT2D eigenvalue weighted by Gasteiger charge is -2.37. The molecule has 1 aliphatic heterocycles. The minimum absolute atomic E-state index is 0.00498. The van der Waals surface area contributed by atoms with Crippen LogP contribution in [0.2, 0.25) is 0 Å². The molecule has 6 nitrogen and oxygen atoms in total. The number of nitrogens with zero attached hydrogens (tertiary/aromatic N) is 2. The van der Waals surface area contributed by atoms with E-state index in [1.54, 1.807) is 16.2 Å². The van der Waals surface area contributed by atoms with Crippen molar-refractivity contribution in [1.29, 1.82) is 0 Å². The van der Waals surface area contributed by atoms with Crippen LogP contribution in [0.3, 0.4) is 0 Å². The minimum atomic E-state index is -0.509. The van der Waals surface area contributed by atoms with Gasteiger partial charge in [0, 0.05) is 37.1 Å². The smallest absolute Gasteiger partial charge is 0.410 e. The van der Waals surface area contributed by atoms with Crippen molar-refractivity contribution in [3.05, 3.63) is 22.4 Å². The highest BCUT2D eigenvalue weighted by Gasteiger charge is 2.30. The topological polar surface area (TPSA) is 61.9 Å². The zero-order valence-electron chi connectivity index (χ0n) is 17.9. The molecule has 1 aromatic rings. The van der Waals surface area contributed by atoms with Crippen molar-refractivity contribution in [3.8, 4) is 0 Å². The van der Waals surface area contributed by atoms with Crippen molar-refractivity contribution in [3.63, 3.8) is 0 Å². The van der Waals surface area contributed by atoms with Crippen molar-refractivity contribution >= 4 is 23.5 Å². The molecule has 1 aromatic heterocycles. The summed E-state index contributed by atoms with van der Waals surface area (Å²) in [6, 6.07) is 4.17. The van der Waals surface area contributed by atoms with Gasteiger partial charge < -0.3 is 19.9 Å². The molecule has 1 unspecified atom stereocenters. The fraction of sp³-hybridized carbons (Fsp3) is 0.714. The van der Waals surface area contributed by atoms with Crippen LogP contribution in [0.4, 0.5) is 9.59 Å². The van der Waals surface area contributed by atoms with E-state index in [0.717, 1.165) is 25.8 Å². The Balaban J connectivity index is 1.84. The first-order valence-electron chi connectivity index (χ1n) is 10.2. The Morgan fingerprint density at radius 3 is 2.75 bits per heavy atom. The van der Waals surface area contributed by atoms with E-state index in [-0.39, 0.29) is 24.1 Å². The normalized spacial score (nSPS) is 17.5. The highest BCUT2D eigenvalue weighted by Crippen LogP contribution is 2.21. The maximum absolute atomic E-state index is 12.6. The summed E-state index contributed by atoms with van der Waals surface area (Å²) in [5, 5.41) is 5.08. The van der Waals surface area contributed by atoms with Gasteiger partial charge in [-0.25, -0.2) is 9.59 Å². The first-order valence-corrected chi connectivity index (χ1v) is 11.1. The van der Waals surface area contributed by atoms with Crippen molar-refractivity contribution < 1.29 is 14.3 Å². The summed E-state index contributed by atoms with van der Waals surface area (Å²) in [6.45, 7) is 12.4. The molecular weight excluding hydrogens is 374 g/mol. The fourth-order valence-corrected chi connectivity index (χ4v) is 4.06. The van der Waals surface area contributed by atoms with Gasteiger partial charge in [0.15, 0.2) is 0 Å². The van der Waals surface area contributed by atoms with Gasteiger partial charge in [0.25, 0.3) is 0 Å². The number of thiophene rings is 1. The Kier molecular flexibility index (Phi) is 8.16. The second-order valence-corrected chi connectivity index (χ2v) is 9.77. The quantitative estimate of drug-likeness (QED) is 0.759. The van der Waals surface area contributed by atoms with Crippen LogP contribution in [-0.4, -0.2) is 59.7 Å². The number of piperidine rings is 1. The molecule has 0 aromatic carbocycles. The third kappa shape index (κ3) is 7.34. The molecule has 1 aliphatic rings. The molecule has 0 saturated carbocycles. The van der Waals surface area contributed by atoms with Gasteiger partial charge in [0.05, 0.1) is 0 Å². The number of carbonyl (C=O) groups is 2. The van der Waals surface area contributed by atoms with Crippen molar-refractivity contribution in [2.24, 2.45) is 5.92 Å². The van der Waals surface area contributed by atoms with Gasteiger partial charge in [0.1, 0.15) is 5.60 Å². The van der Waals surface area contributed by atoms with Crippen LogP contribution in [-0.2, 0) is 11.2 Å². The first kappa shape index (κ1) is 22.5. The van der Waals surface area contributed by atoms with Crippen molar-refractivity contribution in [2.75, 3.05) is 26.2 Å². The Bertz CT molecular complexity index is 625. The highest BCUT2D eigenvalue weighted by molar-refractivity contribution is 7.09. The van der Waals surface area contributed by atoms with Gasteiger partial charge in [-0.2, -0.15) is 0 Å². The SMILES string of the molecule is CC(C)N(CC1CCCN(C(=O)NCCc2cccs2)C1)C(=O)OC(C)(C)C. The van der Waals surface area contributed by atoms with E-state index in [1.165, 1.54) is 4.88 Å². The lowest BCUT2D eigenvalue weighted by atomic mass is 9.97. The standard InChI is InChI=1S/C21H35N3O3S/c1-16(2)24(20(26)27-21(3,4)5)15-17-8-6-12-23(14-17)19(25)22-11-10-18-9-7-13-28-18/h7,9,13,16-17H,6,8,10-12,14-15H2,1-5H3,(H,22,25). The van der Waals surface area contributed by atoms with E-state index >= 15 is 0 Å². The molecule has 28 heavy (non-hydrogen) atoms.